The highest BCUT2D eigenvalue weighted by atomic mass is 16.5. The Morgan fingerprint density at radius 1 is 1.13 bits per heavy atom. The number of fused-ring (bicyclic) bond motifs is 1. The van der Waals surface area contributed by atoms with Crippen LogP contribution in [0.5, 0.6) is 0 Å². The molecule has 0 saturated carbocycles. The highest BCUT2D eigenvalue weighted by Gasteiger charge is 2.30. The molecule has 1 aliphatic heterocycles. The van der Waals surface area contributed by atoms with Gasteiger partial charge in [0.15, 0.2) is 0 Å². The lowest BCUT2D eigenvalue weighted by Gasteiger charge is -2.38. The van der Waals surface area contributed by atoms with Gasteiger partial charge in [0.25, 0.3) is 5.89 Å². The van der Waals surface area contributed by atoms with Crippen LogP contribution in [-0.2, 0) is 12.8 Å². The van der Waals surface area contributed by atoms with Gasteiger partial charge in [0.2, 0.25) is 5.82 Å². The van der Waals surface area contributed by atoms with E-state index in [-0.39, 0.29) is 13.2 Å². The van der Waals surface area contributed by atoms with E-state index in [1.807, 2.05) is 30.3 Å². The quantitative estimate of drug-likeness (QED) is 0.512. The minimum Gasteiger partial charge on any atom is -0.394 e. The fourth-order valence-electron chi connectivity index (χ4n) is 4.16. The van der Waals surface area contributed by atoms with Crippen LogP contribution in [0.2, 0.25) is 0 Å². The van der Waals surface area contributed by atoms with E-state index in [1.54, 1.807) is 0 Å². The number of nitrogens with two attached hydrogens (primary N) is 1. The van der Waals surface area contributed by atoms with Crippen LogP contribution in [-0.4, -0.2) is 52.2 Å². The predicted octanol–water partition coefficient (Wildman–Crippen LogP) is 2.79. The largest absolute Gasteiger partial charge is 0.394 e. The van der Waals surface area contributed by atoms with E-state index >= 15 is 0 Å². The van der Waals surface area contributed by atoms with E-state index in [0.29, 0.717) is 18.3 Å². The molecule has 0 aliphatic carbocycles. The van der Waals surface area contributed by atoms with Gasteiger partial charge in [0.1, 0.15) is 0 Å². The molecule has 0 unspecified atom stereocenters. The van der Waals surface area contributed by atoms with Crippen molar-refractivity contribution >= 4 is 5.69 Å². The first kappa shape index (κ1) is 21.5. The van der Waals surface area contributed by atoms with Crippen LogP contribution >= 0.6 is 0 Å². The molecule has 0 fully saturated rings. The summed E-state index contributed by atoms with van der Waals surface area (Å²) in [6.07, 6.45) is 4.01. The minimum absolute atomic E-state index is 0.278. The summed E-state index contributed by atoms with van der Waals surface area (Å²) in [5.74, 6) is 1.07. The SMILES string of the molecule is CCCc1ccc(-c2nc(-c3cccc4c3CCCN4CC(N)(CO)CO)no2)cc1. The average molecular weight is 423 g/mol. The molecule has 31 heavy (non-hydrogen) atoms. The summed E-state index contributed by atoms with van der Waals surface area (Å²) in [7, 11) is 0. The number of anilines is 1. The Balaban J connectivity index is 1.62. The summed E-state index contributed by atoms with van der Waals surface area (Å²) in [5, 5.41) is 23.5. The number of hydrogen-bond acceptors (Lipinski definition) is 7. The maximum absolute atomic E-state index is 9.61. The Bertz CT molecular complexity index is 1010. The van der Waals surface area contributed by atoms with Crippen LogP contribution in [0, 0.1) is 0 Å². The van der Waals surface area contributed by atoms with E-state index in [2.05, 4.69) is 34.1 Å². The van der Waals surface area contributed by atoms with Gasteiger partial charge in [0.05, 0.1) is 18.8 Å². The first-order valence-corrected chi connectivity index (χ1v) is 10.9. The van der Waals surface area contributed by atoms with E-state index in [0.717, 1.165) is 54.6 Å². The monoisotopic (exact) mass is 422 g/mol. The number of aliphatic hydroxyl groups is 2. The second kappa shape index (κ2) is 9.18. The van der Waals surface area contributed by atoms with E-state index in [1.165, 1.54) is 5.56 Å². The van der Waals surface area contributed by atoms with Gasteiger partial charge >= 0.3 is 0 Å². The number of aliphatic hydroxyl groups excluding tert-OH is 2. The fourth-order valence-corrected chi connectivity index (χ4v) is 4.16. The molecule has 4 N–H and O–H groups in total. The molecule has 7 heteroatoms. The van der Waals surface area contributed by atoms with Crippen LogP contribution in [0.25, 0.3) is 22.8 Å². The van der Waals surface area contributed by atoms with Gasteiger partial charge in [0, 0.05) is 29.9 Å². The van der Waals surface area contributed by atoms with Gasteiger partial charge < -0.3 is 25.4 Å². The molecule has 0 spiro atoms. The summed E-state index contributed by atoms with van der Waals surface area (Å²) in [6, 6.07) is 14.3. The number of aryl methyl sites for hydroxylation is 1. The molecule has 0 amide bonds. The first-order chi connectivity index (χ1) is 15.1. The third kappa shape index (κ3) is 4.49. The standard InChI is InChI=1S/C24H30N4O3/c1-2-5-17-9-11-18(12-10-17)23-26-22(27-31-23)20-6-3-8-21-19(20)7-4-13-28(21)14-24(25,15-29)16-30/h3,6,8-12,29-30H,2,4-5,7,13-16,25H2,1H3. The molecule has 4 rings (SSSR count). The Morgan fingerprint density at radius 2 is 1.90 bits per heavy atom. The number of aromatic nitrogens is 2. The molecule has 7 nitrogen and oxygen atoms in total. The zero-order chi connectivity index (χ0) is 21.8. The van der Waals surface area contributed by atoms with Crippen molar-refractivity contribution in [2.75, 3.05) is 31.2 Å². The Kier molecular flexibility index (Phi) is 6.36. The van der Waals surface area contributed by atoms with Crippen molar-refractivity contribution in [1.82, 2.24) is 10.1 Å². The van der Waals surface area contributed by atoms with Gasteiger partial charge in [-0.05, 0) is 48.6 Å². The summed E-state index contributed by atoms with van der Waals surface area (Å²) < 4.78 is 5.58. The number of hydrogen-bond donors (Lipinski definition) is 3. The van der Waals surface area contributed by atoms with E-state index in [9.17, 15) is 10.2 Å². The third-order valence-electron chi connectivity index (χ3n) is 5.89. The number of benzene rings is 2. The van der Waals surface area contributed by atoms with Crippen molar-refractivity contribution < 1.29 is 14.7 Å². The first-order valence-electron chi connectivity index (χ1n) is 10.9. The molecule has 164 valence electrons. The summed E-state index contributed by atoms with van der Waals surface area (Å²) in [6.45, 7) is 2.80. The minimum atomic E-state index is -1.05. The van der Waals surface area contributed by atoms with Crippen LogP contribution < -0.4 is 10.6 Å². The molecular formula is C24H30N4O3. The molecule has 0 radical (unpaired) electrons. The molecule has 2 aromatic carbocycles. The summed E-state index contributed by atoms with van der Waals surface area (Å²) in [4.78, 5) is 6.79. The molecule has 0 saturated heterocycles. The lowest BCUT2D eigenvalue weighted by atomic mass is 9.93. The maximum Gasteiger partial charge on any atom is 0.258 e. The van der Waals surface area contributed by atoms with Crippen LogP contribution in [0.4, 0.5) is 5.69 Å². The van der Waals surface area contributed by atoms with Crippen LogP contribution in [0.15, 0.2) is 47.0 Å². The van der Waals surface area contributed by atoms with Gasteiger partial charge in [-0.15, -0.1) is 0 Å². The average Bonchev–Trinajstić information content (AvgIpc) is 3.30. The van der Waals surface area contributed by atoms with Gasteiger partial charge in [-0.1, -0.05) is 42.8 Å². The fraction of sp³-hybridized carbons (Fsp3) is 0.417. The molecule has 0 atom stereocenters. The summed E-state index contributed by atoms with van der Waals surface area (Å²) >= 11 is 0. The lowest BCUT2D eigenvalue weighted by Crippen LogP contribution is -2.56. The molecule has 1 aliphatic rings. The predicted molar refractivity (Wildman–Crippen MR) is 121 cm³/mol. The zero-order valence-corrected chi connectivity index (χ0v) is 17.9. The van der Waals surface area contributed by atoms with Gasteiger partial charge in [-0.2, -0.15) is 4.98 Å². The smallest absolute Gasteiger partial charge is 0.258 e. The lowest BCUT2D eigenvalue weighted by molar-refractivity contribution is 0.124. The zero-order valence-electron chi connectivity index (χ0n) is 17.9. The van der Waals surface area contributed by atoms with E-state index in [4.69, 9.17) is 10.3 Å². The second-order valence-corrected chi connectivity index (χ2v) is 8.38. The van der Waals surface area contributed by atoms with Crippen molar-refractivity contribution in [1.29, 1.82) is 0 Å². The Labute approximate surface area is 182 Å². The van der Waals surface area contributed by atoms with Gasteiger partial charge in [-0.25, -0.2) is 0 Å². The highest BCUT2D eigenvalue weighted by Crippen LogP contribution is 2.35. The van der Waals surface area contributed by atoms with Crippen molar-refractivity contribution in [2.24, 2.45) is 5.73 Å². The highest BCUT2D eigenvalue weighted by molar-refractivity contribution is 5.72. The molecule has 2 heterocycles. The molecule has 1 aromatic heterocycles. The van der Waals surface area contributed by atoms with Crippen molar-refractivity contribution in [3.05, 3.63) is 53.6 Å². The van der Waals surface area contributed by atoms with Crippen molar-refractivity contribution in [2.45, 2.75) is 38.1 Å². The van der Waals surface area contributed by atoms with E-state index < -0.39 is 5.54 Å². The maximum atomic E-state index is 9.61. The van der Waals surface area contributed by atoms with Crippen LogP contribution in [0.3, 0.4) is 0 Å². The van der Waals surface area contributed by atoms with Crippen LogP contribution in [0.1, 0.15) is 30.9 Å². The Hall–Kier alpha value is -2.74. The van der Waals surface area contributed by atoms with Crippen molar-refractivity contribution in [3.63, 3.8) is 0 Å². The van der Waals surface area contributed by atoms with Crippen molar-refractivity contribution in [3.8, 4) is 22.8 Å². The normalized spacial score (nSPS) is 14.0. The Morgan fingerprint density at radius 3 is 2.61 bits per heavy atom. The topological polar surface area (TPSA) is 109 Å². The molecule has 0 bridgehead atoms. The molecular weight excluding hydrogens is 392 g/mol. The third-order valence-corrected chi connectivity index (χ3v) is 5.89. The second-order valence-electron chi connectivity index (χ2n) is 8.38. The molecule has 3 aromatic rings. The van der Waals surface area contributed by atoms with Gasteiger partial charge in [-0.3, -0.25) is 0 Å². The number of rotatable bonds is 8. The number of nitrogens with zero attached hydrogens (tertiary/aromatic N) is 3. The summed E-state index contributed by atoms with van der Waals surface area (Å²) in [5.41, 5.74) is 10.4.